The Balaban J connectivity index is 2.48. The summed E-state index contributed by atoms with van der Waals surface area (Å²) in [6, 6.07) is 2.50. The van der Waals surface area contributed by atoms with Crippen LogP contribution in [0, 0.1) is 6.04 Å². The van der Waals surface area contributed by atoms with E-state index >= 15 is 0 Å². The van der Waals surface area contributed by atoms with Gasteiger partial charge in [-0.15, -0.1) is 0 Å². The number of nitrogens with one attached hydrogen (secondary N) is 1. The van der Waals surface area contributed by atoms with Crippen molar-refractivity contribution in [2.24, 2.45) is 0 Å². The Bertz CT molecular complexity index is 39.2. The lowest BCUT2D eigenvalue weighted by Crippen LogP contribution is -1.85. The second kappa shape index (κ2) is 0.179. The fraction of sp³-hybridized carbons (Fsp3) is 0.667. The van der Waals surface area contributed by atoms with Crippen molar-refractivity contribution in [1.82, 2.24) is 5.32 Å². The minimum Gasteiger partial charge on any atom is -0.303 e. The summed E-state index contributed by atoms with van der Waals surface area (Å²) in [6.07, 6.45) is 1.39. The first kappa shape index (κ1) is 1.41. The zero-order valence-electron chi connectivity index (χ0n) is 2.28. The van der Waals surface area contributed by atoms with Crippen LogP contribution in [0.5, 0.6) is 0 Å². The molecule has 1 radical (unpaired) electrons. The molecular weight excluding hydrogens is 50.0 g/mol. The Morgan fingerprint density at radius 1 is 2.00 bits per heavy atom. The zero-order chi connectivity index (χ0) is 2.57. The van der Waals surface area contributed by atoms with Crippen molar-refractivity contribution in [2.75, 3.05) is 0 Å². The van der Waals surface area contributed by atoms with Gasteiger partial charge >= 0.3 is 0 Å². The van der Waals surface area contributed by atoms with E-state index in [2.05, 4.69) is 5.32 Å². The average Bonchev–Trinajstić information content (AvgIpc) is 1.36. The highest BCUT2D eigenvalue weighted by Crippen LogP contribution is 2.45. The first-order valence-corrected chi connectivity index (χ1v) is 1.59. The summed E-state index contributed by atoms with van der Waals surface area (Å²) in [5.74, 6) is 0. The van der Waals surface area contributed by atoms with Crippen molar-refractivity contribution in [3.8, 4) is 0 Å². The van der Waals surface area contributed by atoms with Crippen LogP contribution >= 0.6 is 0 Å². The fourth-order valence-corrected chi connectivity index (χ4v) is 0.322. The van der Waals surface area contributed by atoms with Gasteiger partial charge in [0.05, 0.1) is 6.04 Å². The molecular formula is C3H4N. The Hall–Kier alpha value is -0.0400. The second-order valence-electron chi connectivity index (χ2n) is 1.43. The average molecular weight is 54.1 g/mol. The molecule has 1 heterocycles. The van der Waals surface area contributed by atoms with E-state index in [1.165, 1.54) is 6.42 Å². The Morgan fingerprint density at radius 3 is 2.25 bits per heavy atom. The van der Waals surface area contributed by atoms with Crippen LogP contribution in [-0.4, -0.2) is 6.04 Å². The van der Waals surface area contributed by atoms with Gasteiger partial charge in [-0.05, 0) is 6.42 Å². The summed E-state index contributed by atoms with van der Waals surface area (Å²) >= 11 is 0. The Labute approximate surface area is 25.0 Å². The first-order valence-electron chi connectivity index (χ1n) is 1.59. The molecule has 1 N–H and O–H groups in total. The van der Waals surface area contributed by atoms with Gasteiger partial charge in [0.15, 0.2) is 0 Å². The highest BCUT2D eigenvalue weighted by Gasteiger charge is 2.53. The van der Waals surface area contributed by atoms with Crippen LogP contribution in [0.15, 0.2) is 0 Å². The van der Waals surface area contributed by atoms with Gasteiger partial charge in [0.25, 0.3) is 0 Å². The van der Waals surface area contributed by atoms with Gasteiger partial charge in [0, 0.05) is 6.04 Å². The maximum absolute atomic E-state index is 3.11. The molecule has 1 atom stereocenters. The lowest BCUT2D eigenvalue weighted by molar-refractivity contribution is 0.966. The zero-order valence-corrected chi connectivity index (χ0v) is 2.28. The van der Waals surface area contributed by atoms with E-state index in [1.807, 2.05) is 0 Å². The summed E-state index contributed by atoms with van der Waals surface area (Å²) in [4.78, 5) is 0. The predicted molar refractivity (Wildman–Crippen MR) is 14.8 cm³/mol. The second-order valence-corrected chi connectivity index (χ2v) is 1.43. The van der Waals surface area contributed by atoms with Crippen LogP contribution in [0.3, 0.4) is 0 Å². The highest BCUT2D eigenvalue weighted by molar-refractivity contribution is 5.34. The quantitative estimate of drug-likeness (QED) is 0.383. The van der Waals surface area contributed by atoms with Crippen LogP contribution in [0.1, 0.15) is 6.42 Å². The molecule has 0 aromatic carbocycles. The van der Waals surface area contributed by atoms with Gasteiger partial charge in [-0.25, -0.2) is 0 Å². The van der Waals surface area contributed by atoms with Gasteiger partial charge in [-0.3, -0.25) is 0 Å². The fourth-order valence-electron chi connectivity index (χ4n) is 0.322. The minimum absolute atomic E-state index is 0.917. The van der Waals surface area contributed by atoms with E-state index < -0.39 is 0 Å². The molecule has 0 bridgehead atoms. The maximum Gasteiger partial charge on any atom is 0.0554 e. The monoisotopic (exact) mass is 54.0 g/mol. The topological polar surface area (TPSA) is 21.9 Å². The standard InChI is InChI=1S/C3H4N/c1-2-3(1)4-2/h2,4H,1H2. The van der Waals surface area contributed by atoms with Crippen LogP contribution in [-0.2, 0) is 0 Å². The van der Waals surface area contributed by atoms with Gasteiger partial charge < -0.3 is 5.32 Å². The Morgan fingerprint density at radius 2 is 2.25 bits per heavy atom. The number of hydrogen-bond donors (Lipinski definition) is 1. The van der Waals surface area contributed by atoms with E-state index in [0.29, 0.717) is 0 Å². The molecule has 1 saturated heterocycles. The van der Waals surface area contributed by atoms with E-state index in [-0.39, 0.29) is 0 Å². The van der Waals surface area contributed by atoms with Crippen LogP contribution in [0.25, 0.3) is 0 Å². The van der Waals surface area contributed by atoms with Crippen molar-refractivity contribution < 1.29 is 0 Å². The molecule has 0 aromatic heterocycles. The van der Waals surface area contributed by atoms with Gasteiger partial charge in [-0.2, -0.15) is 0 Å². The summed E-state index contributed by atoms with van der Waals surface area (Å²) in [5, 5.41) is 3.11. The third kappa shape index (κ3) is 0.0285. The molecule has 0 aromatic rings. The summed E-state index contributed by atoms with van der Waals surface area (Å²) in [5.41, 5.74) is 0. The van der Waals surface area contributed by atoms with Crippen molar-refractivity contribution in [3.05, 3.63) is 6.04 Å². The molecule has 1 unspecified atom stereocenters. The molecule has 1 aliphatic carbocycles. The number of hydrogen-bond acceptors (Lipinski definition) is 1. The maximum atomic E-state index is 3.11. The summed E-state index contributed by atoms with van der Waals surface area (Å²) in [6.45, 7) is 0. The lowest BCUT2D eigenvalue weighted by atomic mass is 10.8. The third-order valence-electron chi connectivity index (χ3n) is 0.961. The van der Waals surface area contributed by atoms with Crippen molar-refractivity contribution in [1.29, 1.82) is 0 Å². The molecule has 1 nitrogen and oxygen atoms in total. The molecule has 1 heteroatoms. The Kier molecular flexibility index (Phi) is 0.0633. The molecule has 1 aliphatic heterocycles. The van der Waals surface area contributed by atoms with Crippen molar-refractivity contribution in [2.45, 2.75) is 12.5 Å². The molecule has 2 fully saturated rings. The molecule has 0 amide bonds. The number of rotatable bonds is 0. The van der Waals surface area contributed by atoms with Gasteiger partial charge in [0.2, 0.25) is 0 Å². The highest BCUT2D eigenvalue weighted by atomic mass is 15.2. The molecule has 1 saturated carbocycles. The van der Waals surface area contributed by atoms with Crippen molar-refractivity contribution in [3.63, 3.8) is 0 Å². The third-order valence-corrected chi connectivity index (χ3v) is 0.961. The van der Waals surface area contributed by atoms with Gasteiger partial charge in [-0.1, -0.05) is 0 Å². The number of fused-ring (bicyclic) bond motifs is 1. The molecule has 4 heavy (non-hydrogen) atoms. The van der Waals surface area contributed by atoms with E-state index in [4.69, 9.17) is 0 Å². The van der Waals surface area contributed by atoms with Crippen LogP contribution < -0.4 is 5.32 Å². The summed E-state index contributed by atoms with van der Waals surface area (Å²) in [7, 11) is 0. The van der Waals surface area contributed by atoms with E-state index in [0.717, 1.165) is 6.04 Å². The largest absolute Gasteiger partial charge is 0.303 e. The van der Waals surface area contributed by atoms with Gasteiger partial charge in [0.1, 0.15) is 0 Å². The van der Waals surface area contributed by atoms with E-state index in [9.17, 15) is 0 Å². The minimum atomic E-state index is 0.917. The normalized spacial score (nSPS) is 52.5. The smallest absolute Gasteiger partial charge is 0.0554 e. The summed E-state index contributed by atoms with van der Waals surface area (Å²) < 4.78 is 0. The van der Waals surface area contributed by atoms with Crippen LogP contribution in [0.4, 0.5) is 0 Å². The molecule has 21 valence electrons. The molecule has 2 aliphatic rings. The molecule has 2 rings (SSSR count). The first-order chi connectivity index (χ1) is 1.97. The predicted octanol–water partition coefficient (Wildman–Crippen LogP) is -0.106. The lowest BCUT2D eigenvalue weighted by Gasteiger charge is -1.65. The molecule has 0 spiro atoms. The van der Waals surface area contributed by atoms with E-state index in [1.54, 1.807) is 6.04 Å². The van der Waals surface area contributed by atoms with Crippen molar-refractivity contribution >= 4 is 0 Å². The van der Waals surface area contributed by atoms with Crippen LogP contribution in [0.2, 0.25) is 0 Å². The SMILES string of the molecule is C1[C]2NC12.